The number of aromatic nitrogens is 4. The van der Waals surface area contributed by atoms with Crippen LogP contribution in [0.3, 0.4) is 0 Å². The molecule has 0 radical (unpaired) electrons. The highest BCUT2D eigenvalue weighted by atomic mass is 19.4. The van der Waals surface area contributed by atoms with Crippen LogP contribution in [0.4, 0.5) is 34.0 Å². The van der Waals surface area contributed by atoms with Gasteiger partial charge >= 0.3 is 12.3 Å². The van der Waals surface area contributed by atoms with Crippen LogP contribution in [0.1, 0.15) is 31.4 Å². The van der Waals surface area contributed by atoms with Gasteiger partial charge < -0.3 is 24.6 Å². The summed E-state index contributed by atoms with van der Waals surface area (Å²) in [6.07, 6.45) is -2.48. The molecule has 254 valence electrons. The molecular weight excluding hydrogens is 630 g/mol. The zero-order valence-corrected chi connectivity index (χ0v) is 26.1. The molecule has 0 saturated carbocycles. The van der Waals surface area contributed by atoms with Crippen LogP contribution in [0, 0.1) is 0 Å². The fourth-order valence-electron chi connectivity index (χ4n) is 5.27. The number of nitrogens with zero attached hydrogens (tertiary/aromatic N) is 7. The van der Waals surface area contributed by atoms with Gasteiger partial charge in [-0.2, -0.15) is 13.2 Å². The van der Waals surface area contributed by atoms with Crippen molar-refractivity contribution in [1.82, 2.24) is 34.7 Å². The number of rotatable bonds is 8. The second-order valence-electron chi connectivity index (χ2n) is 11.6. The minimum Gasteiger partial charge on any atom is -0.453 e. The summed E-state index contributed by atoms with van der Waals surface area (Å²) in [5.74, 6) is -1.38. The number of hydrogen-bond acceptors (Lipinski definition) is 10. The predicted octanol–water partition coefficient (Wildman–Crippen LogP) is 2.68. The highest BCUT2D eigenvalue weighted by Gasteiger charge is 2.36. The van der Waals surface area contributed by atoms with Crippen molar-refractivity contribution >= 4 is 35.1 Å². The summed E-state index contributed by atoms with van der Waals surface area (Å²) in [6, 6.07) is 2.55. The van der Waals surface area contributed by atoms with Gasteiger partial charge in [-0.1, -0.05) is 0 Å². The normalized spacial score (nSPS) is 16.3. The lowest BCUT2D eigenvalue weighted by Crippen LogP contribution is -2.51. The number of fused-ring (bicyclic) bond motifs is 1. The Morgan fingerprint density at radius 3 is 2.49 bits per heavy atom. The molecule has 0 bridgehead atoms. The Morgan fingerprint density at radius 2 is 1.81 bits per heavy atom. The van der Waals surface area contributed by atoms with Gasteiger partial charge in [0.1, 0.15) is 11.3 Å². The van der Waals surface area contributed by atoms with Crippen LogP contribution in [0.15, 0.2) is 24.5 Å². The molecule has 3 aromatic rings. The summed E-state index contributed by atoms with van der Waals surface area (Å²) in [5.41, 5.74) is -2.24. The first kappa shape index (κ1) is 33.8. The van der Waals surface area contributed by atoms with Crippen LogP contribution in [-0.2, 0) is 31.8 Å². The average molecular weight is 666 g/mol. The number of ether oxygens (including phenoxy) is 2. The topological polar surface area (TPSA) is 147 Å². The lowest BCUT2D eigenvalue weighted by molar-refractivity contribution is -0.138. The summed E-state index contributed by atoms with van der Waals surface area (Å²) < 4.78 is 68.0. The van der Waals surface area contributed by atoms with Crippen molar-refractivity contribution < 1.29 is 41.4 Å². The number of pyridine rings is 1. The van der Waals surface area contributed by atoms with E-state index in [0.29, 0.717) is 69.8 Å². The van der Waals surface area contributed by atoms with Crippen LogP contribution in [0.25, 0.3) is 16.9 Å². The van der Waals surface area contributed by atoms with Crippen LogP contribution < -0.4 is 15.5 Å². The van der Waals surface area contributed by atoms with Gasteiger partial charge in [-0.25, -0.2) is 23.7 Å². The third-order valence-electron chi connectivity index (χ3n) is 7.65. The molecule has 0 atom stereocenters. The molecule has 2 aliphatic rings. The molecule has 2 fully saturated rings. The molecule has 0 spiro atoms. The maximum atomic E-state index is 14.3. The fraction of sp³-hybridized carbons (Fsp3) is 0.517. The van der Waals surface area contributed by atoms with Crippen molar-refractivity contribution in [1.29, 1.82) is 0 Å². The Kier molecular flexibility index (Phi) is 9.81. The smallest absolute Gasteiger partial charge is 0.417 e. The van der Waals surface area contributed by atoms with E-state index in [9.17, 15) is 31.9 Å². The third-order valence-corrected chi connectivity index (χ3v) is 7.65. The minimum atomic E-state index is -4.83. The van der Waals surface area contributed by atoms with E-state index in [1.807, 2.05) is 15.9 Å². The number of carbonyl (C=O) groups is 3. The molecule has 0 unspecified atom stereocenters. The molecule has 5 rings (SSSR count). The maximum absolute atomic E-state index is 14.3. The zero-order valence-electron chi connectivity index (χ0n) is 26.1. The van der Waals surface area contributed by atoms with Crippen molar-refractivity contribution in [3.8, 4) is 11.4 Å². The van der Waals surface area contributed by atoms with Gasteiger partial charge in [-0.05, 0) is 38.0 Å². The van der Waals surface area contributed by atoms with Crippen LogP contribution in [0.5, 0.6) is 0 Å². The van der Waals surface area contributed by atoms with Crippen molar-refractivity contribution in [2.75, 3.05) is 69.9 Å². The second-order valence-corrected chi connectivity index (χ2v) is 11.6. The van der Waals surface area contributed by atoms with Gasteiger partial charge in [0.2, 0.25) is 5.91 Å². The van der Waals surface area contributed by atoms with Crippen LogP contribution in [-0.4, -0.2) is 113 Å². The van der Waals surface area contributed by atoms with E-state index in [-0.39, 0.29) is 36.3 Å². The summed E-state index contributed by atoms with van der Waals surface area (Å²) in [5, 5.41) is 8.91. The van der Waals surface area contributed by atoms with Gasteiger partial charge in [0, 0.05) is 45.1 Å². The first-order chi connectivity index (χ1) is 22.2. The van der Waals surface area contributed by atoms with Crippen LogP contribution >= 0.6 is 0 Å². The number of nitrogens with one attached hydrogen (secondary N) is 2. The van der Waals surface area contributed by atoms with Crippen molar-refractivity contribution in [2.45, 2.75) is 38.7 Å². The molecule has 2 aliphatic heterocycles. The zero-order chi connectivity index (χ0) is 33.9. The summed E-state index contributed by atoms with van der Waals surface area (Å²) in [6.45, 7) is 5.41. The van der Waals surface area contributed by atoms with E-state index in [0.717, 1.165) is 32.7 Å². The van der Waals surface area contributed by atoms with Gasteiger partial charge in [0.05, 0.1) is 44.7 Å². The SMILES string of the molecule is COC(=O)Nc1cc(C(F)(F)F)c(-c2nc(N3CCOCC3)c3cc(CN4CCCN(C(=O)CNC(=O)C(C)(C)F)C4)cn3n2)cn1. The molecule has 2 N–H and O–H groups in total. The number of morpholine rings is 1. The minimum absolute atomic E-state index is 0.223. The highest BCUT2D eigenvalue weighted by Crippen LogP contribution is 2.38. The molecule has 47 heavy (non-hydrogen) atoms. The molecule has 3 amide bonds. The molecule has 18 heteroatoms. The van der Waals surface area contributed by atoms with Crippen molar-refractivity contribution in [2.24, 2.45) is 0 Å². The van der Waals surface area contributed by atoms with Gasteiger partial charge in [0.25, 0.3) is 5.91 Å². The van der Waals surface area contributed by atoms with E-state index >= 15 is 0 Å². The van der Waals surface area contributed by atoms with Crippen molar-refractivity contribution in [3.63, 3.8) is 0 Å². The molecule has 3 aromatic heterocycles. The maximum Gasteiger partial charge on any atom is 0.417 e. The number of alkyl halides is 4. The number of hydrogen-bond donors (Lipinski definition) is 2. The van der Waals surface area contributed by atoms with Crippen LogP contribution in [0.2, 0.25) is 0 Å². The second kappa shape index (κ2) is 13.6. The number of halogens is 4. The first-order valence-corrected chi connectivity index (χ1v) is 14.8. The van der Waals surface area contributed by atoms with Gasteiger partial charge in [0.15, 0.2) is 17.3 Å². The van der Waals surface area contributed by atoms with E-state index < -0.39 is 29.4 Å². The monoisotopic (exact) mass is 665 g/mol. The number of amides is 3. The standard InChI is InChI=1S/C29H35F4N9O5/c1-28(2,30)26(44)35-14-23(43)41-6-4-5-39(17-41)15-18-11-21-25(40-7-9-47-10-8-40)37-24(38-42(21)16-18)19-13-34-22(36-27(45)46-3)12-20(19)29(31,32)33/h11-13,16H,4-10,14-15,17H2,1-3H3,(H,35,44)(H,34,36,45). The molecule has 0 aliphatic carbocycles. The third kappa shape index (κ3) is 8.05. The van der Waals surface area contributed by atoms with E-state index in [2.05, 4.69) is 30.4 Å². The first-order valence-electron chi connectivity index (χ1n) is 14.8. The summed E-state index contributed by atoms with van der Waals surface area (Å²) in [4.78, 5) is 50.3. The largest absolute Gasteiger partial charge is 0.453 e. The van der Waals surface area contributed by atoms with Crippen molar-refractivity contribution in [3.05, 3.63) is 35.7 Å². The van der Waals surface area contributed by atoms with Gasteiger partial charge in [-0.15, -0.1) is 5.10 Å². The predicted molar refractivity (Wildman–Crippen MR) is 160 cm³/mol. The van der Waals surface area contributed by atoms with E-state index in [4.69, 9.17) is 4.74 Å². The fourth-order valence-corrected chi connectivity index (χ4v) is 5.27. The molecular formula is C29H35F4N9O5. The average Bonchev–Trinajstić information content (AvgIpc) is 3.44. The number of methoxy groups -OCH3 is 1. The Bertz CT molecular complexity index is 1640. The molecule has 2 saturated heterocycles. The molecule has 0 aromatic carbocycles. The number of carbonyl (C=O) groups excluding carboxylic acids is 3. The highest BCUT2D eigenvalue weighted by molar-refractivity contribution is 5.89. The van der Waals surface area contributed by atoms with E-state index in [1.165, 1.54) is 4.52 Å². The molecule has 14 nitrogen and oxygen atoms in total. The molecule has 5 heterocycles. The van der Waals surface area contributed by atoms with E-state index in [1.54, 1.807) is 11.1 Å². The van der Waals surface area contributed by atoms with Gasteiger partial charge in [-0.3, -0.25) is 19.8 Å². The quantitative estimate of drug-likeness (QED) is 0.345. The lowest BCUT2D eigenvalue weighted by atomic mass is 10.1. The summed E-state index contributed by atoms with van der Waals surface area (Å²) in [7, 11) is 1.08. The number of anilines is 2. The Balaban J connectivity index is 1.43. The summed E-state index contributed by atoms with van der Waals surface area (Å²) >= 11 is 0. The Labute approximate surface area is 267 Å². The lowest BCUT2D eigenvalue weighted by Gasteiger charge is -2.35. The Hall–Kier alpha value is -4.58. The Morgan fingerprint density at radius 1 is 1.06 bits per heavy atom.